The van der Waals surface area contributed by atoms with Crippen LogP contribution in [0.4, 0.5) is 0 Å². The zero-order valence-electron chi connectivity index (χ0n) is 11.4. The van der Waals surface area contributed by atoms with Crippen LogP contribution >= 0.6 is 0 Å². The van der Waals surface area contributed by atoms with Crippen LogP contribution in [0.3, 0.4) is 0 Å². The minimum atomic E-state index is 0.251. The Bertz CT molecular complexity index is 514. The van der Waals surface area contributed by atoms with Gasteiger partial charge in [-0.1, -0.05) is 37.6 Å². The Kier molecular flexibility index (Phi) is 3.69. The summed E-state index contributed by atoms with van der Waals surface area (Å²) in [7, 11) is 0. The summed E-state index contributed by atoms with van der Waals surface area (Å²) in [6.07, 6.45) is 7.65. The van der Waals surface area contributed by atoms with Gasteiger partial charge in [-0.05, 0) is 42.5 Å². The van der Waals surface area contributed by atoms with Gasteiger partial charge in [-0.3, -0.25) is 0 Å². The summed E-state index contributed by atoms with van der Waals surface area (Å²) in [4.78, 5) is 0. The molecule has 19 heavy (non-hydrogen) atoms. The molecule has 100 valence electrons. The first-order valence-electron chi connectivity index (χ1n) is 7.24. The van der Waals surface area contributed by atoms with Gasteiger partial charge in [0.1, 0.15) is 0 Å². The number of hydrogen-bond donors (Lipinski definition) is 1. The molecule has 1 aliphatic rings. The minimum Gasteiger partial charge on any atom is -0.472 e. The lowest BCUT2D eigenvalue weighted by Gasteiger charge is -2.30. The maximum Gasteiger partial charge on any atom is 0.0953 e. The Hall–Kier alpha value is -1.54. The molecule has 1 atom stereocenters. The lowest BCUT2D eigenvalue weighted by Crippen LogP contribution is -2.24. The fraction of sp³-hybridized carbons (Fsp3) is 0.412. The highest BCUT2D eigenvalue weighted by molar-refractivity contribution is 5.39. The van der Waals surface area contributed by atoms with Crippen molar-refractivity contribution in [3.8, 4) is 0 Å². The molecule has 0 spiro atoms. The van der Waals surface area contributed by atoms with Crippen LogP contribution in [0.25, 0.3) is 0 Å². The largest absolute Gasteiger partial charge is 0.472 e. The summed E-state index contributed by atoms with van der Waals surface area (Å²) >= 11 is 0. The maximum atomic E-state index is 5.26. The van der Waals surface area contributed by atoms with Crippen molar-refractivity contribution in [2.75, 3.05) is 6.54 Å². The molecule has 2 nitrogen and oxygen atoms in total. The quantitative estimate of drug-likeness (QED) is 0.864. The van der Waals surface area contributed by atoms with Crippen LogP contribution < -0.4 is 5.32 Å². The molecule has 0 saturated heterocycles. The molecule has 1 N–H and O–H groups in total. The highest BCUT2D eigenvalue weighted by Gasteiger charge is 2.25. The molecule has 1 saturated carbocycles. The topological polar surface area (TPSA) is 25.2 Å². The smallest absolute Gasteiger partial charge is 0.0953 e. The third-order valence-electron chi connectivity index (χ3n) is 4.14. The molecule has 0 bridgehead atoms. The zero-order valence-corrected chi connectivity index (χ0v) is 11.4. The van der Waals surface area contributed by atoms with E-state index in [9.17, 15) is 0 Å². The standard InChI is InChI=1S/C17H21NO/c1-2-18-17(14-10-11-19-12-14)16-9-4-3-8-15(16)13-6-5-7-13/h3-4,8-13,17-18H,2,5-7H2,1H3. The SMILES string of the molecule is CCNC(c1ccoc1)c1ccccc1C1CCC1. The van der Waals surface area contributed by atoms with Crippen LogP contribution in [-0.2, 0) is 0 Å². The molecule has 1 aromatic heterocycles. The van der Waals surface area contributed by atoms with E-state index in [0.717, 1.165) is 12.5 Å². The summed E-state index contributed by atoms with van der Waals surface area (Å²) in [5.74, 6) is 0.754. The van der Waals surface area contributed by atoms with Crippen molar-refractivity contribution in [3.05, 3.63) is 59.5 Å². The first-order valence-corrected chi connectivity index (χ1v) is 7.24. The number of furan rings is 1. The Morgan fingerprint density at radius 2 is 2.11 bits per heavy atom. The van der Waals surface area contributed by atoms with E-state index in [1.54, 1.807) is 6.26 Å². The van der Waals surface area contributed by atoms with Crippen LogP contribution in [0.15, 0.2) is 47.3 Å². The van der Waals surface area contributed by atoms with Gasteiger partial charge in [-0.15, -0.1) is 0 Å². The van der Waals surface area contributed by atoms with Gasteiger partial charge in [0.25, 0.3) is 0 Å². The predicted molar refractivity (Wildman–Crippen MR) is 77.3 cm³/mol. The van der Waals surface area contributed by atoms with Crippen molar-refractivity contribution >= 4 is 0 Å². The second-order valence-electron chi connectivity index (χ2n) is 5.30. The number of hydrogen-bond acceptors (Lipinski definition) is 2. The highest BCUT2D eigenvalue weighted by atomic mass is 16.3. The van der Waals surface area contributed by atoms with Gasteiger partial charge in [0.2, 0.25) is 0 Å². The molecule has 1 unspecified atom stereocenters. The second-order valence-corrected chi connectivity index (χ2v) is 5.30. The maximum absolute atomic E-state index is 5.26. The molecule has 1 aromatic carbocycles. The van der Waals surface area contributed by atoms with Crippen molar-refractivity contribution in [1.82, 2.24) is 5.32 Å². The molecular weight excluding hydrogens is 234 g/mol. The first kappa shape index (κ1) is 12.5. The number of rotatable bonds is 5. The molecule has 3 rings (SSSR count). The van der Waals surface area contributed by atoms with E-state index in [4.69, 9.17) is 4.42 Å². The second kappa shape index (κ2) is 5.62. The predicted octanol–water partition coefficient (Wildman–Crippen LogP) is 4.25. The third kappa shape index (κ3) is 2.45. The van der Waals surface area contributed by atoms with Crippen LogP contribution in [0.2, 0.25) is 0 Å². The van der Waals surface area contributed by atoms with Crippen LogP contribution in [0.5, 0.6) is 0 Å². The molecular formula is C17H21NO. The lowest BCUT2D eigenvalue weighted by molar-refractivity contribution is 0.414. The third-order valence-corrected chi connectivity index (χ3v) is 4.14. The molecule has 0 amide bonds. The van der Waals surface area contributed by atoms with E-state index >= 15 is 0 Å². The molecule has 0 radical (unpaired) electrons. The van der Waals surface area contributed by atoms with Crippen molar-refractivity contribution in [2.45, 2.75) is 38.1 Å². The molecule has 2 aromatic rings. The number of benzene rings is 1. The van der Waals surface area contributed by atoms with E-state index in [1.165, 1.54) is 36.0 Å². The molecule has 1 fully saturated rings. The van der Waals surface area contributed by atoms with E-state index in [2.05, 4.69) is 42.6 Å². The average Bonchev–Trinajstić information content (AvgIpc) is 2.88. The van der Waals surface area contributed by atoms with Gasteiger partial charge in [0, 0.05) is 5.56 Å². The zero-order chi connectivity index (χ0) is 13.1. The first-order chi connectivity index (χ1) is 9.40. The number of nitrogens with one attached hydrogen (secondary N) is 1. The van der Waals surface area contributed by atoms with E-state index in [-0.39, 0.29) is 6.04 Å². The summed E-state index contributed by atoms with van der Waals surface area (Å²) in [6.45, 7) is 3.11. The Morgan fingerprint density at radius 1 is 1.26 bits per heavy atom. The minimum absolute atomic E-state index is 0.251. The fourth-order valence-corrected chi connectivity index (χ4v) is 2.92. The Morgan fingerprint density at radius 3 is 2.74 bits per heavy atom. The van der Waals surface area contributed by atoms with Gasteiger partial charge in [0.15, 0.2) is 0 Å². The van der Waals surface area contributed by atoms with Gasteiger partial charge >= 0.3 is 0 Å². The van der Waals surface area contributed by atoms with E-state index in [0.29, 0.717) is 0 Å². The van der Waals surface area contributed by atoms with Crippen LogP contribution in [0, 0.1) is 0 Å². The van der Waals surface area contributed by atoms with Crippen molar-refractivity contribution < 1.29 is 4.42 Å². The van der Waals surface area contributed by atoms with Crippen LogP contribution in [0.1, 0.15) is 54.8 Å². The van der Waals surface area contributed by atoms with Crippen LogP contribution in [-0.4, -0.2) is 6.54 Å². The lowest BCUT2D eigenvalue weighted by atomic mass is 9.76. The van der Waals surface area contributed by atoms with E-state index < -0.39 is 0 Å². The van der Waals surface area contributed by atoms with E-state index in [1.807, 2.05) is 6.26 Å². The molecule has 0 aliphatic heterocycles. The molecule has 1 heterocycles. The Labute approximate surface area is 114 Å². The van der Waals surface area contributed by atoms with Gasteiger partial charge in [0.05, 0.1) is 18.6 Å². The summed E-state index contributed by atoms with van der Waals surface area (Å²) in [6, 6.07) is 11.2. The summed E-state index contributed by atoms with van der Waals surface area (Å²) < 4.78 is 5.26. The average molecular weight is 255 g/mol. The summed E-state index contributed by atoms with van der Waals surface area (Å²) in [5.41, 5.74) is 4.14. The molecule has 2 heteroatoms. The van der Waals surface area contributed by atoms with Gasteiger partial charge in [-0.25, -0.2) is 0 Å². The Balaban J connectivity index is 1.97. The van der Waals surface area contributed by atoms with Crippen molar-refractivity contribution in [2.24, 2.45) is 0 Å². The van der Waals surface area contributed by atoms with Crippen molar-refractivity contribution in [3.63, 3.8) is 0 Å². The van der Waals surface area contributed by atoms with Crippen molar-refractivity contribution in [1.29, 1.82) is 0 Å². The highest BCUT2D eigenvalue weighted by Crippen LogP contribution is 2.40. The summed E-state index contributed by atoms with van der Waals surface area (Å²) in [5, 5.41) is 3.58. The normalized spacial score (nSPS) is 17.1. The fourth-order valence-electron chi connectivity index (χ4n) is 2.92. The van der Waals surface area contributed by atoms with Gasteiger partial charge in [-0.2, -0.15) is 0 Å². The monoisotopic (exact) mass is 255 g/mol. The molecule has 1 aliphatic carbocycles. The van der Waals surface area contributed by atoms with Gasteiger partial charge < -0.3 is 9.73 Å².